The van der Waals surface area contributed by atoms with Crippen LogP contribution in [0.25, 0.3) is 0 Å². The highest BCUT2D eigenvalue weighted by molar-refractivity contribution is 7.70. The van der Waals surface area contributed by atoms with E-state index in [4.69, 9.17) is 4.74 Å². The summed E-state index contributed by atoms with van der Waals surface area (Å²) in [6, 6.07) is 11.7. The summed E-state index contributed by atoms with van der Waals surface area (Å²) in [6.07, 6.45) is 6.26. The topological polar surface area (TPSA) is 182 Å². The number of hydrogen-bond donors (Lipinski definition) is 6. The second kappa shape index (κ2) is 13.7. The lowest BCUT2D eigenvalue weighted by molar-refractivity contribution is -0.128. The number of amides is 2. The summed E-state index contributed by atoms with van der Waals surface area (Å²) in [7, 11) is -10.3. The van der Waals surface area contributed by atoms with Gasteiger partial charge in [-0.3, -0.25) is 18.7 Å². The maximum atomic E-state index is 12.9. The molecule has 2 aromatic carbocycles. The SMILES string of the molecule is CC(=O)N[C@@H](Cc1ccc(C(P(=O)(O)O)P(=O)(O)O)cc1)C(=O)NCc1ccc(OCC2CCCCC2)cc1. The molecule has 6 N–H and O–H groups in total. The smallest absolute Gasteiger partial charge is 0.345 e. The van der Waals surface area contributed by atoms with Crippen molar-refractivity contribution < 1.29 is 43.0 Å². The van der Waals surface area contributed by atoms with E-state index in [0.717, 1.165) is 11.3 Å². The highest BCUT2D eigenvalue weighted by atomic mass is 31.2. The molecule has 39 heavy (non-hydrogen) atoms. The van der Waals surface area contributed by atoms with Gasteiger partial charge in [0.1, 0.15) is 11.8 Å². The third-order valence-corrected chi connectivity index (χ3v) is 10.3. The van der Waals surface area contributed by atoms with Gasteiger partial charge in [-0.25, -0.2) is 0 Å². The van der Waals surface area contributed by atoms with Crippen LogP contribution in [0.1, 0.15) is 61.1 Å². The number of nitrogens with one attached hydrogen (secondary N) is 2. The van der Waals surface area contributed by atoms with Crippen molar-refractivity contribution in [3.8, 4) is 5.75 Å². The van der Waals surface area contributed by atoms with Gasteiger partial charge in [-0.15, -0.1) is 0 Å². The molecule has 0 spiro atoms. The van der Waals surface area contributed by atoms with Crippen LogP contribution in [0.15, 0.2) is 48.5 Å². The predicted octanol–water partition coefficient (Wildman–Crippen LogP) is 3.36. The zero-order valence-corrected chi connectivity index (χ0v) is 23.5. The Hall–Kier alpha value is -2.52. The van der Waals surface area contributed by atoms with E-state index in [1.807, 2.05) is 24.3 Å². The van der Waals surface area contributed by atoms with Gasteiger partial charge >= 0.3 is 15.2 Å². The Morgan fingerprint density at radius 2 is 1.46 bits per heavy atom. The first kappa shape index (κ1) is 31.0. The molecule has 2 amide bonds. The van der Waals surface area contributed by atoms with Crippen molar-refractivity contribution in [1.82, 2.24) is 10.6 Å². The van der Waals surface area contributed by atoms with Crippen molar-refractivity contribution in [1.29, 1.82) is 0 Å². The minimum atomic E-state index is -5.14. The molecule has 0 bridgehead atoms. The lowest BCUT2D eigenvalue weighted by Gasteiger charge is -2.21. The van der Waals surface area contributed by atoms with Crippen LogP contribution in [0.3, 0.4) is 0 Å². The fourth-order valence-corrected chi connectivity index (χ4v) is 7.37. The standard InChI is InChI=1S/C26H36N2O9P2/c1-18(29)28-24(15-19-7-11-22(12-8-19)26(38(31,32)33)39(34,35)36)25(30)27-16-20-9-13-23(14-10-20)37-17-21-5-3-2-4-6-21/h7-14,21,24,26H,2-6,15-17H2,1H3,(H,27,30)(H,28,29)(H2,31,32,33)(H2,34,35,36)/t24-/m0/s1. The van der Waals surface area contributed by atoms with Crippen molar-refractivity contribution in [2.45, 2.75) is 63.4 Å². The van der Waals surface area contributed by atoms with Crippen LogP contribution in [-0.2, 0) is 31.7 Å². The molecule has 0 aliphatic heterocycles. The van der Waals surface area contributed by atoms with Crippen LogP contribution in [0.4, 0.5) is 0 Å². The molecule has 0 aromatic heterocycles. The van der Waals surface area contributed by atoms with E-state index >= 15 is 0 Å². The lowest BCUT2D eigenvalue weighted by atomic mass is 9.90. The third-order valence-electron chi connectivity index (χ3n) is 6.65. The average molecular weight is 583 g/mol. The molecule has 11 nitrogen and oxygen atoms in total. The van der Waals surface area contributed by atoms with Gasteiger partial charge in [-0.05, 0) is 47.6 Å². The lowest BCUT2D eigenvalue weighted by Crippen LogP contribution is -2.47. The van der Waals surface area contributed by atoms with E-state index in [0.29, 0.717) is 18.1 Å². The maximum absolute atomic E-state index is 12.9. The minimum absolute atomic E-state index is 0.0517. The molecule has 1 saturated carbocycles. The van der Waals surface area contributed by atoms with Gasteiger partial charge in [-0.1, -0.05) is 55.7 Å². The highest BCUT2D eigenvalue weighted by Gasteiger charge is 2.44. The molecule has 0 saturated heterocycles. The van der Waals surface area contributed by atoms with Crippen molar-refractivity contribution >= 4 is 27.0 Å². The summed E-state index contributed by atoms with van der Waals surface area (Å²) in [5.74, 6) is 0.512. The molecule has 0 radical (unpaired) electrons. The van der Waals surface area contributed by atoms with Gasteiger partial charge in [0.2, 0.25) is 11.8 Å². The van der Waals surface area contributed by atoms with Crippen LogP contribution in [0.2, 0.25) is 0 Å². The third kappa shape index (κ3) is 9.87. The summed E-state index contributed by atoms with van der Waals surface area (Å²) < 4.78 is 29.2. The normalized spacial score (nSPS) is 15.5. The van der Waals surface area contributed by atoms with Crippen molar-refractivity contribution in [3.63, 3.8) is 0 Å². The quantitative estimate of drug-likeness (QED) is 0.204. The summed E-state index contributed by atoms with van der Waals surface area (Å²) >= 11 is 0. The molecular formula is C26H36N2O9P2. The molecule has 1 aliphatic rings. The second-order valence-corrected chi connectivity index (χ2v) is 13.7. The summed E-state index contributed by atoms with van der Waals surface area (Å²) in [5, 5.41) is 3.10. The summed E-state index contributed by atoms with van der Waals surface area (Å²) in [5.41, 5.74) is 1.13. The Morgan fingerprint density at radius 1 is 0.897 bits per heavy atom. The number of ether oxygens (including phenoxy) is 1. The fraction of sp³-hybridized carbons (Fsp3) is 0.462. The molecule has 13 heteroatoms. The van der Waals surface area contributed by atoms with Crippen LogP contribution < -0.4 is 15.4 Å². The molecule has 214 valence electrons. The Bertz CT molecular complexity index is 1180. The van der Waals surface area contributed by atoms with Crippen molar-refractivity contribution in [3.05, 3.63) is 65.2 Å². The molecule has 1 atom stereocenters. The summed E-state index contributed by atoms with van der Waals surface area (Å²) in [4.78, 5) is 62.3. The molecular weight excluding hydrogens is 546 g/mol. The van der Waals surface area contributed by atoms with Crippen LogP contribution in [0, 0.1) is 5.92 Å². The maximum Gasteiger partial charge on any atom is 0.345 e. The van der Waals surface area contributed by atoms with Gasteiger partial charge in [0.25, 0.3) is 0 Å². The minimum Gasteiger partial charge on any atom is -0.493 e. The van der Waals surface area contributed by atoms with Crippen LogP contribution in [-0.4, -0.2) is 44.0 Å². The number of carbonyl (C=O) groups excluding carboxylic acids is 2. The molecule has 2 aromatic rings. The van der Waals surface area contributed by atoms with E-state index in [1.165, 1.54) is 63.3 Å². The van der Waals surface area contributed by atoms with Crippen LogP contribution >= 0.6 is 15.2 Å². The first-order valence-corrected chi connectivity index (χ1v) is 16.1. The first-order valence-electron chi connectivity index (χ1n) is 12.8. The Balaban J connectivity index is 1.59. The molecule has 0 heterocycles. The largest absolute Gasteiger partial charge is 0.493 e. The highest BCUT2D eigenvalue weighted by Crippen LogP contribution is 2.69. The summed E-state index contributed by atoms with van der Waals surface area (Å²) in [6.45, 7) is 2.21. The number of hydrogen-bond acceptors (Lipinski definition) is 5. The van der Waals surface area contributed by atoms with Crippen LogP contribution in [0.5, 0.6) is 5.75 Å². The zero-order valence-electron chi connectivity index (χ0n) is 21.7. The predicted molar refractivity (Wildman–Crippen MR) is 145 cm³/mol. The van der Waals surface area contributed by atoms with Gasteiger partial charge in [0.15, 0.2) is 5.40 Å². The molecule has 1 aliphatic carbocycles. The zero-order chi connectivity index (χ0) is 28.6. The van der Waals surface area contributed by atoms with Gasteiger partial charge in [-0.2, -0.15) is 0 Å². The Labute approximate surface area is 227 Å². The molecule has 3 rings (SSSR count). The van der Waals surface area contributed by atoms with Gasteiger partial charge < -0.3 is 34.9 Å². The van der Waals surface area contributed by atoms with E-state index in [2.05, 4.69) is 10.6 Å². The van der Waals surface area contributed by atoms with E-state index in [9.17, 15) is 38.3 Å². The van der Waals surface area contributed by atoms with Crippen molar-refractivity contribution in [2.75, 3.05) is 6.61 Å². The monoisotopic (exact) mass is 582 g/mol. The molecule has 1 fully saturated rings. The number of rotatable bonds is 12. The second-order valence-electron chi connectivity index (χ2n) is 9.93. The first-order chi connectivity index (χ1) is 18.3. The Morgan fingerprint density at radius 3 is 2.00 bits per heavy atom. The fourth-order valence-electron chi connectivity index (χ4n) is 4.68. The molecule has 0 unspecified atom stereocenters. The average Bonchev–Trinajstić information content (AvgIpc) is 2.86. The van der Waals surface area contributed by atoms with E-state index in [-0.39, 0.29) is 18.5 Å². The van der Waals surface area contributed by atoms with Crippen molar-refractivity contribution in [2.24, 2.45) is 5.92 Å². The van der Waals surface area contributed by atoms with E-state index < -0.39 is 38.4 Å². The number of carbonyl (C=O) groups is 2. The van der Waals surface area contributed by atoms with E-state index in [1.54, 1.807) is 0 Å². The van der Waals surface area contributed by atoms with Gasteiger partial charge in [0.05, 0.1) is 6.61 Å². The Kier molecular flexibility index (Phi) is 10.9. The number of benzene rings is 2. The van der Waals surface area contributed by atoms with Gasteiger partial charge in [0, 0.05) is 19.9 Å².